The van der Waals surface area contributed by atoms with Gasteiger partial charge in [-0.05, 0) is 55.0 Å². The highest BCUT2D eigenvalue weighted by Gasteiger charge is 2.36. The van der Waals surface area contributed by atoms with Crippen LogP contribution in [-0.4, -0.2) is 34.7 Å². The zero-order valence-corrected chi connectivity index (χ0v) is 14.3. The van der Waals surface area contributed by atoms with Crippen LogP contribution in [-0.2, 0) is 9.59 Å². The summed E-state index contributed by atoms with van der Waals surface area (Å²) in [5.41, 5.74) is 0.297. The number of hydrogen-bond acceptors (Lipinski definition) is 6. The highest BCUT2D eigenvalue weighted by molar-refractivity contribution is 6.39. The average Bonchev–Trinajstić information content (AvgIpc) is 2.63. The van der Waals surface area contributed by atoms with Crippen LogP contribution in [0.5, 0.6) is 17.2 Å². The Hall–Kier alpha value is -3.81. The monoisotopic (exact) mass is 368 g/mol. The van der Waals surface area contributed by atoms with E-state index in [0.29, 0.717) is 17.9 Å². The summed E-state index contributed by atoms with van der Waals surface area (Å²) >= 11 is 0. The van der Waals surface area contributed by atoms with E-state index in [0.717, 1.165) is 4.90 Å². The standard InChI is InChI=1S/C19H16N2O6/c1-2-27-13-6-4-12(5-7-13)21-18(25)14(17(24)20-19(21)26)9-11-3-8-15(22)16(23)10-11/h3-10,22-23H,2H2,1H3,(H,20,24,26)/b14-9-. The van der Waals surface area contributed by atoms with Crippen molar-refractivity contribution in [1.29, 1.82) is 0 Å². The summed E-state index contributed by atoms with van der Waals surface area (Å²) in [6.07, 6.45) is 1.23. The summed E-state index contributed by atoms with van der Waals surface area (Å²) in [4.78, 5) is 37.9. The van der Waals surface area contributed by atoms with Crippen LogP contribution < -0.4 is 15.0 Å². The van der Waals surface area contributed by atoms with Gasteiger partial charge in [-0.15, -0.1) is 0 Å². The fourth-order valence-electron chi connectivity index (χ4n) is 2.55. The Morgan fingerprint density at radius 3 is 2.37 bits per heavy atom. The third-order valence-corrected chi connectivity index (χ3v) is 3.82. The van der Waals surface area contributed by atoms with Gasteiger partial charge in [0.25, 0.3) is 11.8 Å². The van der Waals surface area contributed by atoms with Gasteiger partial charge in [-0.25, -0.2) is 9.69 Å². The molecule has 1 aliphatic rings. The molecule has 0 spiro atoms. The summed E-state index contributed by atoms with van der Waals surface area (Å²) in [7, 11) is 0. The first-order valence-electron chi connectivity index (χ1n) is 8.07. The molecule has 8 nitrogen and oxygen atoms in total. The summed E-state index contributed by atoms with van der Waals surface area (Å²) < 4.78 is 5.33. The summed E-state index contributed by atoms with van der Waals surface area (Å²) in [6, 6.07) is 9.25. The number of carbonyl (C=O) groups is 3. The first-order valence-corrected chi connectivity index (χ1v) is 8.07. The first kappa shape index (κ1) is 18.0. The SMILES string of the molecule is CCOc1ccc(N2C(=O)NC(=O)/C(=C/c3ccc(O)c(O)c3)C2=O)cc1. The Morgan fingerprint density at radius 1 is 1.04 bits per heavy atom. The number of phenolic OH excluding ortho intramolecular Hbond substituents is 2. The molecule has 138 valence electrons. The molecule has 2 aromatic carbocycles. The Bertz CT molecular complexity index is 949. The number of amides is 4. The molecule has 0 unspecified atom stereocenters. The highest BCUT2D eigenvalue weighted by Crippen LogP contribution is 2.28. The molecular weight excluding hydrogens is 352 g/mol. The van der Waals surface area contributed by atoms with E-state index in [1.165, 1.54) is 36.4 Å². The summed E-state index contributed by atoms with van der Waals surface area (Å²) in [5.74, 6) is -1.80. The van der Waals surface area contributed by atoms with Gasteiger partial charge in [0.2, 0.25) is 0 Å². The van der Waals surface area contributed by atoms with Crippen LogP contribution in [0, 0.1) is 0 Å². The van der Waals surface area contributed by atoms with Crippen LogP contribution in [0.2, 0.25) is 0 Å². The van der Waals surface area contributed by atoms with Crippen molar-refractivity contribution >= 4 is 29.6 Å². The molecule has 1 heterocycles. The van der Waals surface area contributed by atoms with Gasteiger partial charge in [0.1, 0.15) is 11.3 Å². The zero-order valence-electron chi connectivity index (χ0n) is 14.3. The van der Waals surface area contributed by atoms with E-state index in [1.807, 2.05) is 6.92 Å². The molecule has 0 saturated carbocycles. The Labute approximate surface area is 154 Å². The Balaban J connectivity index is 1.95. The van der Waals surface area contributed by atoms with Gasteiger partial charge in [-0.2, -0.15) is 0 Å². The molecule has 0 atom stereocenters. The lowest BCUT2D eigenvalue weighted by Crippen LogP contribution is -2.54. The topological polar surface area (TPSA) is 116 Å². The summed E-state index contributed by atoms with van der Waals surface area (Å²) in [6.45, 7) is 2.31. The van der Waals surface area contributed by atoms with E-state index in [9.17, 15) is 24.6 Å². The number of rotatable bonds is 4. The molecule has 27 heavy (non-hydrogen) atoms. The maximum absolute atomic E-state index is 12.7. The molecule has 3 rings (SSSR count). The number of ether oxygens (including phenoxy) is 1. The second-order valence-corrected chi connectivity index (χ2v) is 5.63. The molecule has 0 radical (unpaired) electrons. The van der Waals surface area contributed by atoms with Crippen molar-refractivity contribution in [3.05, 3.63) is 53.6 Å². The second-order valence-electron chi connectivity index (χ2n) is 5.63. The molecular formula is C19H16N2O6. The molecule has 1 aliphatic heterocycles. The van der Waals surface area contributed by atoms with Gasteiger partial charge in [-0.3, -0.25) is 14.9 Å². The maximum atomic E-state index is 12.7. The number of phenols is 2. The number of carbonyl (C=O) groups excluding carboxylic acids is 3. The molecule has 0 bridgehead atoms. The molecule has 1 saturated heterocycles. The zero-order chi connectivity index (χ0) is 19.6. The number of nitrogens with one attached hydrogen (secondary N) is 1. The number of hydrogen-bond donors (Lipinski definition) is 3. The molecule has 2 aromatic rings. The minimum Gasteiger partial charge on any atom is -0.504 e. The van der Waals surface area contributed by atoms with E-state index in [1.54, 1.807) is 12.1 Å². The van der Waals surface area contributed by atoms with Crippen LogP contribution in [0.4, 0.5) is 10.5 Å². The van der Waals surface area contributed by atoms with Gasteiger partial charge in [-0.1, -0.05) is 6.07 Å². The fraction of sp³-hybridized carbons (Fsp3) is 0.105. The van der Waals surface area contributed by atoms with E-state index in [-0.39, 0.29) is 17.0 Å². The minimum absolute atomic E-state index is 0.271. The molecule has 0 aromatic heterocycles. The minimum atomic E-state index is -0.861. The number of aromatic hydroxyl groups is 2. The van der Waals surface area contributed by atoms with Gasteiger partial charge in [0.15, 0.2) is 11.5 Å². The van der Waals surface area contributed by atoms with E-state index in [2.05, 4.69) is 5.32 Å². The fourth-order valence-corrected chi connectivity index (χ4v) is 2.55. The van der Waals surface area contributed by atoms with Crippen LogP contribution in [0.1, 0.15) is 12.5 Å². The van der Waals surface area contributed by atoms with Gasteiger partial charge in [0.05, 0.1) is 12.3 Å². The highest BCUT2D eigenvalue weighted by atomic mass is 16.5. The van der Waals surface area contributed by atoms with Crippen molar-refractivity contribution in [2.45, 2.75) is 6.92 Å². The van der Waals surface area contributed by atoms with Crippen molar-refractivity contribution in [2.75, 3.05) is 11.5 Å². The van der Waals surface area contributed by atoms with Gasteiger partial charge < -0.3 is 14.9 Å². The van der Waals surface area contributed by atoms with E-state index < -0.39 is 23.6 Å². The lowest BCUT2D eigenvalue weighted by molar-refractivity contribution is -0.122. The van der Waals surface area contributed by atoms with Crippen LogP contribution in [0.3, 0.4) is 0 Å². The Kier molecular flexibility index (Phi) is 4.80. The lowest BCUT2D eigenvalue weighted by atomic mass is 10.1. The first-order chi connectivity index (χ1) is 12.9. The number of urea groups is 1. The van der Waals surface area contributed by atoms with Crippen molar-refractivity contribution in [3.63, 3.8) is 0 Å². The quantitative estimate of drug-likeness (QED) is 0.433. The van der Waals surface area contributed by atoms with E-state index >= 15 is 0 Å². The third-order valence-electron chi connectivity index (χ3n) is 3.82. The van der Waals surface area contributed by atoms with Crippen LogP contribution in [0.25, 0.3) is 6.08 Å². The predicted octanol–water partition coefficient (Wildman–Crippen LogP) is 2.16. The Morgan fingerprint density at radius 2 is 1.74 bits per heavy atom. The van der Waals surface area contributed by atoms with Crippen molar-refractivity contribution < 1.29 is 29.3 Å². The van der Waals surface area contributed by atoms with Crippen LogP contribution >= 0.6 is 0 Å². The molecule has 8 heteroatoms. The van der Waals surface area contributed by atoms with E-state index in [4.69, 9.17) is 4.74 Å². The van der Waals surface area contributed by atoms with Crippen LogP contribution in [0.15, 0.2) is 48.0 Å². The van der Waals surface area contributed by atoms with Crippen molar-refractivity contribution in [2.24, 2.45) is 0 Å². The summed E-state index contributed by atoms with van der Waals surface area (Å²) in [5, 5.41) is 21.0. The van der Waals surface area contributed by atoms with Crippen molar-refractivity contribution in [1.82, 2.24) is 5.32 Å². The molecule has 0 aliphatic carbocycles. The number of nitrogens with zero attached hydrogens (tertiary/aromatic N) is 1. The largest absolute Gasteiger partial charge is 0.504 e. The van der Waals surface area contributed by atoms with Gasteiger partial charge in [0, 0.05) is 0 Å². The average molecular weight is 368 g/mol. The number of anilines is 1. The molecule has 3 N–H and O–H groups in total. The van der Waals surface area contributed by atoms with Gasteiger partial charge >= 0.3 is 6.03 Å². The number of imide groups is 2. The molecule has 1 fully saturated rings. The van der Waals surface area contributed by atoms with Crippen molar-refractivity contribution in [3.8, 4) is 17.2 Å². The smallest absolute Gasteiger partial charge is 0.335 e. The maximum Gasteiger partial charge on any atom is 0.335 e. The molecule has 4 amide bonds. The normalized spacial score (nSPS) is 15.8. The number of barbiturate groups is 1. The predicted molar refractivity (Wildman–Crippen MR) is 96.4 cm³/mol. The lowest BCUT2D eigenvalue weighted by Gasteiger charge is -2.26. The second kappa shape index (κ2) is 7.20. The third kappa shape index (κ3) is 3.59. The number of benzene rings is 2.